The minimum atomic E-state index is -0.612. The van der Waals surface area contributed by atoms with E-state index < -0.39 is 23.3 Å². The highest BCUT2D eigenvalue weighted by Crippen LogP contribution is 2.70. The minimum Gasteiger partial charge on any atom is -0.375 e. The van der Waals surface area contributed by atoms with Crippen LogP contribution < -0.4 is 0 Å². The van der Waals surface area contributed by atoms with Gasteiger partial charge in [0, 0.05) is 50.1 Å². The van der Waals surface area contributed by atoms with Crippen LogP contribution >= 0.6 is 0 Å². The van der Waals surface area contributed by atoms with E-state index in [1.54, 1.807) is 0 Å². The van der Waals surface area contributed by atoms with Crippen molar-refractivity contribution in [2.75, 3.05) is 39.4 Å². The molecule has 2 saturated heterocycles. The number of benzene rings is 4. The van der Waals surface area contributed by atoms with Crippen molar-refractivity contribution in [3.8, 4) is 22.5 Å². The molecule has 4 aliphatic carbocycles. The van der Waals surface area contributed by atoms with Gasteiger partial charge in [-0.05, 0) is 107 Å². The first kappa shape index (κ1) is 45.1. The highest BCUT2D eigenvalue weighted by molar-refractivity contribution is 5.64. The lowest BCUT2D eigenvalue weighted by molar-refractivity contribution is -0.0942. The second-order valence-corrected chi connectivity index (χ2v) is 21.0. The number of morpholine rings is 2. The molecule has 0 N–H and O–H groups in total. The maximum absolute atomic E-state index is 14.5. The maximum atomic E-state index is 14.5. The van der Waals surface area contributed by atoms with Crippen molar-refractivity contribution >= 4 is 0 Å². The summed E-state index contributed by atoms with van der Waals surface area (Å²) >= 11 is 0. The second kappa shape index (κ2) is 17.2. The molecule has 2 aliphatic heterocycles. The summed E-state index contributed by atoms with van der Waals surface area (Å²) in [5, 5.41) is 18.0. The molecule has 0 amide bonds. The molecule has 6 atom stereocenters. The van der Waals surface area contributed by atoms with Gasteiger partial charge in [0.15, 0.2) is 0 Å². The Morgan fingerprint density at radius 1 is 0.515 bits per heavy atom. The molecule has 68 heavy (non-hydrogen) atoms. The van der Waals surface area contributed by atoms with Gasteiger partial charge in [-0.15, -0.1) is 0 Å². The summed E-state index contributed by atoms with van der Waals surface area (Å²) < 4.78 is 70.9. The minimum absolute atomic E-state index is 0.00319. The number of fused-ring (bicyclic) bond motifs is 10. The van der Waals surface area contributed by atoms with Crippen molar-refractivity contribution in [1.82, 2.24) is 30.2 Å². The molecule has 4 heterocycles. The molecule has 4 aromatic carbocycles. The predicted molar refractivity (Wildman–Crippen MR) is 253 cm³/mol. The van der Waals surface area contributed by atoms with E-state index in [4.69, 9.17) is 9.47 Å². The van der Waals surface area contributed by atoms with Crippen LogP contribution in [0.25, 0.3) is 22.5 Å². The third-order valence-electron chi connectivity index (χ3n) is 17.3. The molecule has 0 radical (unpaired) electrons. The van der Waals surface area contributed by atoms with Gasteiger partial charge in [0.25, 0.3) is 0 Å². The normalized spacial score (nSPS) is 27.6. The van der Waals surface area contributed by atoms with Crippen molar-refractivity contribution in [3.05, 3.63) is 166 Å². The van der Waals surface area contributed by atoms with Crippen molar-refractivity contribution in [1.29, 1.82) is 0 Å². The quantitative estimate of drug-likeness (QED) is 0.140. The Morgan fingerprint density at radius 3 is 1.28 bits per heavy atom. The lowest BCUT2D eigenvalue weighted by Gasteiger charge is -2.47. The van der Waals surface area contributed by atoms with Gasteiger partial charge >= 0.3 is 0 Å². The molecule has 4 bridgehead atoms. The highest BCUT2D eigenvalue weighted by atomic mass is 19.1. The molecule has 352 valence electrons. The first-order valence-electron chi connectivity index (χ1n) is 24.2. The molecule has 6 aromatic rings. The van der Waals surface area contributed by atoms with Gasteiger partial charge in [-0.3, -0.25) is 9.80 Å². The first-order chi connectivity index (χ1) is 32.8. The van der Waals surface area contributed by atoms with Crippen LogP contribution in [0.4, 0.5) is 17.6 Å². The average Bonchev–Trinajstić information content (AvgIpc) is 3.91. The molecular weight excluding hydrogens is 865 g/mol. The van der Waals surface area contributed by atoms with Gasteiger partial charge in [-0.1, -0.05) is 100 Å². The first-order valence-corrected chi connectivity index (χ1v) is 24.2. The van der Waals surface area contributed by atoms with Gasteiger partial charge in [0.1, 0.15) is 23.3 Å². The average molecular weight is 923 g/mol. The fourth-order valence-electron chi connectivity index (χ4n) is 13.9. The monoisotopic (exact) mass is 922 g/mol. The third kappa shape index (κ3) is 7.06. The van der Waals surface area contributed by atoms with Crippen LogP contribution in [0.3, 0.4) is 0 Å². The maximum Gasteiger partial charge on any atom is 0.135 e. The van der Waals surface area contributed by atoms with E-state index in [1.165, 1.54) is 47.5 Å². The Bertz CT molecular complexity index is 2620. The standard InChI is InChI=1S/2C28H29F2N3O/c2*1-27(2)20-11-12-28(27,24-17-33(13-14-34-24)16-18-7-4-3-5-8-18)26-19(20)15-23(31-32-26)25-21(29)9-6-10-22(25)30/h2*3-10,15,20,24H,11-14,16-17H2,1-2H3/t20-,24+,28-;20-,24-,28-/m00/s1. The molecule has 0 unspecified atom stereocenters. The zero-order valence-electron chi connectivity index (χ0n) is 39.2. The van der Waals surface area contributed by atoms with E-state index in [2.05, 4.69) is 106 Å². The summed E-state index contributed by atoms with van der Waals surface area (Å²) in [6.07, 6.45) is 4.01. The number of aromatic nitrogens is 4. The summed E-state index contributed by atoms with van der Waals surface area (Å²) in [6.45, 7) is 15.8. The number of hydrogen-bond donors (Lipinski definition) is 0. The van der Waals surface area contributed by atoms with E-state index in [9.17, 15) is 17.6 Å². The van der Waals surface area contributed by atoms with Crippen LogP contribution in [0.5, 0.6) is 0 Å². The molecule has 2 aromatic heterocycles. The topological polar surface area (TPSA) is 76.5 Å². The Hall–Kier alpha value is -5.40. The van der Waals surface area contributed by atoms with Crippen LogP contribution in [-0.2, 0) is 33.4 Å². The third-order valence-corrected chi connectivity index (χ3v) is 17.3. The Balaban J connectivity index is 0.000000149. The van der Waals surface area contributed by atoms with Crippen molar-refractivity contribution in [3.63, 3.8) is 0 Å². The van der Waals surface area contributed by atoms with E-state index in [0.717, 1.165) is 87.5 Å². The SMILES string of the molecule is CC1(C)[C@H]2CC[C@]1([C@@H]1CN(Cc3ccccc3)CCO1)c1nnc(-c3c(F)cccc3F)cc12.CC1(C)[C@H]2CC[C@]1([C@H]1CN(Cc3ccccc3)CCO1)c1nnc(-c3c(F)cccc3F)cc12. The molecule has 6 aliphatic rings. The highest BCUT2D eigenvalue weighted by Gasteiger charge is 2.68. The summed E-state index contributed by atoms with van der Waals surface area (Å²) in [5.74, 6) is -1.92. The molecule has 4 fully saturated rings. The largest absolute Gasteiger partial charge is 0.375 e. The Morgan fingerprint density at radius 2 is 0.897 bits per heavy atom. The molecular formula is C56H58F4N6O2. The van der Waals surface area contributed by atoms with Crippen molar-refractivity contribution in [2.45, 2.75) is 101 Å². The molecule has 0 spiro atoms. The van der Waals surface area contributed by atoms with Crippen LogP contribution in [-0.4, -0.2) is 81.8 Å². The van der Waals surface area contributed by atoms with E-state index in [1.807, 2.05) is 24.3 Å². The Labute approximate surface area is 396 Å². The summed E-state index contributed by atoms with van der Waals surface area (Å²) in [7, 11) is 0. The van der Waals surface area contributed by atoms with Crippen LogP contribution in [0, 0.1) is 34.1 Å². The van der Waals surface area contributed by atoms with Gasteiger partial charge in [0.2, 0.25) is 0 Å². The van der Waals surface area contributed by atoms with Crippen LogP contribution in [0.2, 0.25) is 0 Å². The van der Waals surface area contributed by atoms with Crippen molar-refractivity contribution < 1.29 is 27.0 Å². The predicted octanol–water partition coefficient (Wildman–Crippen LogP) is 11.0. The summed E-state index contributed by atoms with van der Waals surface area (Å²) in [5.41, 5.74) is 6.30. The molecule has 8 nitrogen and oxygen atoms in total. The van der Waals surface area contributed by atoms with Crippen molar-refractivity contribution in [2.24, 2.45) is 10.8 Å². The lowest BCUT2D eigenvalue weighted by atomic mass is 9.64. The second-order valence-electron chi connectivity index (χ2n) is 21.0. The number of nitrogens with zero attached hydrogens (tertiary/aromatic N) is 6. The zero-order valence-corrected chi connectivity index (χ0v) is 39.2. The van der Waals surface area contributed by atoms with E-state index in [0.29, 0.717) is 13.2 Å². The summed E-state index contributed by atoms with van der Waals surface area (Å²) in [4.78, 5) is 4.94. The molecule has 12 rings (SSSR count). The van der Waals surface area contributed by atoms with Gasteiger partial charge < -0.3 is 9.47 Å². The van der Waals surface area contributed by atoms with Crippen LogP contribution in [0.1, 0.15) is 98.9 Å². The van der Waals surface area contributed by atoms with Crippen LogP contribution in [0.15, 0.2) is 109 Å². The number of halogens is 4. The number of hydrogen-bond acceptors (Lipinski definition) is 8. The fourth-order valence-corrected chi connectivity index (χ4v) is 13.9. The van der Waals surface area contributed by atoms with Gasteiger partial charge in [0.05, 0.1) is 59.3 Å². The van der Waals surface area contributed by atoms with E-state index in [-0.39, 0.29) is 68.2 Å². The Kier molecular flexibility index (Phi) is 11.4. The summed E-state index contributed by atoms with van der Waals surface area (Å²) in [6, 6.07) is 32.6. The van der Waals surface area contributed by atoms with Gasteiger partial charge in [-0.25, -0.2) is 17.6 Å². The van der Waals surface area contributed by atoms with E-state index >= 15 is 0 Å². The number of rotatable bonds is 8. The fraction of sp³-hybridized carbons (Fsp3) is 0.429. The lowest BCUT2D eigenvalue weighted by Crippen LogP contribution is -2.56. The smallest absolute Gasteiger partial charge is 0.135 e. The van der Waals surface area contributed by atoms with Gasteiger partial charge in [-0.2, -0.15) is 20.4 Å². The number of ether oxygens (including phenoxy) is 2. The molecule has 2 saturated carbocycles. The zero-order chi connectivity index (χ0) is 47.0. The molecule has 12 heteroatoms.